The highest BCUT2D eigenvalue weighted by Crippen LogP contribution is 2.61. The lowest BCUT2D eigenvalue weighted by molar-refractivity contribution is -0.144. The Kier molecular flexibility index (Phi) is 4.89. The molecule has 4 fully saturated rings. The molecule has 0 spiro atoms. The predicted octanol–water partition coefficient (Wildman–Crippen LogP) is 2.59. The van der Waals surface area contributed by atoms with Crippen molar-refractivity contribution in [1.29, 1.82) is 0 Å². The topological polar surface area (TPSA) is 95.5 Å². The van der Waals surface area contributed by atoms with Crippen LogP contribution in [0.25, 0.3) is 0 Å². The largest absolute Gasteiger partial charge is 0.480 e. The van der Waals surface area contributed by atoms with Crippen molar-refractivity contribution in [2.24, 2.45) is 23.2 Å². The van der Waals surface area contributed by atoms with E-state index in [0.717, 1.165) is 19.3 Å². The zero-order valence-corrected chi connectivity index (χ0v) is 16.2. The van der Waals surface area contributed by atoms with Crippen LogP contribution >= 0.6 is 0 Å². The van der Waals surface area contributed by atoms with Crippen LogP contribution in [0.1, 0.15) is 55.8 Å². The first-order valence-corrected chi connectivity index (χ1v) is 10.3. The molecule has 6 heteroatoms. The predicted molar refractivity (Wildman–Crippen MR) is 104 cm³/mol. The lowest BCUT2D eigenvalue weighted by Gasteiger charge is -2.59. The van der Waals surface area contributed by atoms with Gasteiger partial charge in [0.1, 0.15) is 12.1 Å². The number of benzene rings is 1. The number of hydrogen-bond acceptors (Lipinski definition) is 3. The third kappa shape index (κ3) is 3.52. The number of aliphatic carboxylic acids is 1. The number of rotatable bonds is 6. The SMILES string of the molecule is C[C@H](NC(=O)[C@@H](NC(=O)c1ccccc1)C12CC3CC(CC(C3)C1)C2)C(=O)O. The van der Waals surface area contributed by atoms with E-state index in [-0.39, 0.29) is 17.2 Å². The van der Waals surface area contributed by atoms with Gasteiger partial charge in [0.05, 0.1) is 0 Å². The third-order valence-electron chi connectivity index (χ3n) is 7.00. The average molecular weight is 384 g/mol. The summed E-state index contributed by atoms with van der Waals surface area (Å²) in [5.74, 6) is 0.124. The van der Waals surface area contributed by atoms with Crippen LogP contribution in [0.5, 0.6) is 0 Å². The van der Waals surface area contributed by atoms with Crippen LogP contribution in [0.4, 0.5) is 0 Å². The fraction of sp³-hybridized carbons (Fsp3) is 0.591. The molecule has 3 N–H and O–H groups in total. The molecular weight excluding hydrogens is 356 g/mol. The van der Waals surface area contributed by atoms with Gasteiger partial charge in [-0.1, -0.05) is 18.2 Å². The lowest BCUT2D eigenvalue weighted by atomic mass is 9.47. The number of carbonyl (C=O) groups excluding carboxylic acids is 2. The number of carbonyl (C=O) groups is 3. The maximum absolute atomic E-state index is 13.2. The molecule has 4 aliphatic rings. The molecule has 1 aromatic rings. The van der Waals surface area contributed by atoms with Crippen LogP contribution in [0, 0.1) is 23.2 Å². The molecule has 0 heterocycles. The van der Waals surface area contributed by atoms with E-state index in [2.05, 4.69) is 10.6 Å². The van der Waals surface area contributed by atoms with Crippen LogP contribution < -0.4 is 10.6 Å². The summed E-state index contributed by atoms with van der Waals surface area (Å²) in [6, 6.07) is 7.19. The molecular formula is C22H28N2O4. The molecule has 28 heavy (non-hydrogen) atoms. The van der Waals surface area contributed by atoms with Gasteiger partial charge in [-0.25, -0.2) is 0 Å². The van der Waals surface area contributed by atoms with E-state index in [1.54, 1.807) is 24.3 Å². The molecule has 0 aliphatic heterocycles. The monoisotopic (exact) mass is 384 g/mol. The minimum absolute atomic E-state index is 0.262. The molecule has 0 unspecified atom stereocenters. The highest BCUT2D eigenvalue weighted by molar-refractivity contribution is 5.98. The van der Waals surface area contributed by atoms with Gasteiger partial charge in [0.15, 0.2) is 0 Å². The van der Waals surface area contributed by atoms with Crippen molar-refractivity contribution in [3.8, 4) is 0 Å². The van der Waals surface area contributed by atoms with E-state index in [9.17, 15) is 19.5 Å². The molecule has 0 radical (unpaired) electrons. The summed E-state index contributed by atoms with van der Waals surface area (Å²) in [5, 5.41) is 14.8. The van der Waals surface area contributed by atoms with Gasteiger partial charge in [0.2, 0.25) is 5.91 Å². The van der Waals surface area contributed by atoms with Gasteiger partial charge >= 0.3 is 5.97 Å². The van der Waals surface area contributed by atoms with E-state index < -0.39 is 18.1 Å². The van der Waals surface area contributed by atoms with E-state index in [1.165, 1.54) is 26.2 Å². The highest BCUT2D eigenvalue weighted by atomic mass is 16.4. The molecule has 6 nitrogen and oxygen atoms in total. The van der Waals surface area contributed by atoms with E-state index >= 15 is 0 Å². The first-order valence-electron chi connectivity index (χ1n) is 10.3. The summed E-state index contributed by atoms with van der Waals surface area (Å²) in [6.45, 7) is 1.45. The van der Waals surface area contributed by atoms with Crippen molar-refractivity contribution >= 4 is 17.8 Å². The normalized spacial score (nSPS) is 32.4. The Morgan fingerprint density at radius 1 is 0.964 bits per heavy atom. The van der Waals surface area contributed by atoms with Crippen molar-refractivity contribution in [3.63, 3.8) is 0 Å². The lowest BCUT2D eigenvalue weighted by Crippen LogP contribution is -2.63. The van der Waals surface area contributed by atoms with Crippen LogP contribution in [-0.4, -0.2) is 35.0 Å². The molecule has 0 saturated heterocycles. The molecule has 4 bridgehead atoms. The smallest absolute Gasteiger partial charge is 0.325 e. The number of nitrogens with one attached hydrogen (secondary N) is 2. The van der Waals surface area contributed by atoms with Gasteiger partial charge in [-0.15, -0.1) is 0 Å². The van der Waals surface area contributed by atoms with Gasteiger partial charge in [-0.2, -0.15) is 0 Å². The second kappa shape index (κ2) is 7.22. The fourth-order valence-electron chi connectivity index (χ4n) is 6.19. The van der Waals surface area contributed by atoms with Crippen LogP contribution in [-0.2, 0) is 9.59 Å². The summed E-state index contributed by atoms with van der Waals surface area (Å²) in [7, 11) is 0. The van der Waals surface area contributed by atoms with Crippen molar-refractivity contribution in [3.05, 3.63) is 35.9 Å². The Labute approximate surface area is 165 Å². The molecule has 150 valence electrons. The highest BCUT2D eigenvalue weighted by Gasteiger charge is 2.56. The summed E-state index contributed by atoms with van der Waals surface area (Å²) >= 11 is 0. The van der Waals surface area contributed by atoms with Gasteiger partial charge < -0.3 is 15.7 Å². The number of carboxylic acid groups (broad SMARTS) is 1. The molecule has 5 rings (SSSR count). The van der Waals surface area contributed by atoms with E-state index in [4.69, 9.17) is 0 Å². The summed E-state index contributed by atoms with van der Waals surface area (Å²) in [5.41, 5.74) is 0.248. The minimum atomic E-state index is -1.08. The summed E-state index contributed by atoms with van der Waals surface area (Å²) < 4.78 is 0. The quantitative estimate of drug-likeness (QED) is 0.702. The third-order valence-corrected chi connectivity index (χ3v) is 7.00. The Bertz CT molecular complexity index is 741. The maximum Gasteiger partial charge on any atom is 0.325 e. The molecule has 1 aromatic carbocycles. The van der Waals surface area contributed by atoms with E-state index in [0.29, 0.717) is 23.3 Å². The Balaban J connectivity index is 1.61. The zero-order chi connectivity index (χ0) is 19.9. The van der Waals surface area contributed by atoms with Crippen LogP contribution in [0.15, 0.2) is 30.3 Å². The van der Waals surface area contributed by atoms with Crippen LogP contribution in [0.2, 0.25) is 0 Å². The molecule has 0 aromatic heterocycles. The summed E-state index contributed by atoms with van der Waals surface area (Å²) in [6.07, 6.45) is 6.50. The second-order valence-electron chi connectivity index (χ2n) is 9.12. The van der Waals surface area contributed by atoms with Gasteiger partial charge in [-0.3, -0.25) is 14.4 Å². The first kappa shape index (κ1) is 19.0. The van der Waals surface area contributed by atoms with Crippen molar-refractivity contribution in [1.82, 2.24) is 10.6 Å². The standard InChI is InChI=1S/C22H28N2O4/c1-13(21(27)28)23-20(26)18(24-19(25)17-5-3-2-4-6-17)22-10-14-7-15(11-22)9-16(8-14)12-22/h2-6,13-16,18H,7-12H2,1H3,(H,23,26)(H,24,25)(H,27,28)/t13-,14?,15?,16?,18+,22?/m0/s1. The zero-order valence-electron chi connectivity index (χ0n) is 16.2. The van der Waals surface area contributed by atoms with Crippen molar-refractivity contribution in [2.45, 2.75) is 57.5 Å². The van der Waals surface area contributed by atoms with Crippen molar-refractivity contribution < 1.29 is 19.5 Å². The number of carboxylic acids is 1. The first-order chi connectivity index (χ1) is 13.4. The Hall–Kier alpha value is -2.37. The van der Waals surface area contributed by atoms with Crippen LogP contribution in [0.3, 0.4) is 0 Å². The average Bonchev–Trinajstić information content (AvgIpc) is 2.65. The molecule has 2 amide bonds. The number of amides is 2. The Morgan fingerprint density at radius 2 is 1.50 bits per heavy atom. The van der Waals surface area contributed by atoms with Gasteiger partial charge in [-0.05, 0) is 75.3 Å². The molecule has 2 atom stereocenters. The maximum atomic E-state index is 13.2. The number of hydrogen-bond donors (Lipinski definition) is 3. The van der Waals surface area contributed by atoms with Gasteiger partial charge in [0, 0.05) is 11.0 Å². The Morgan fingerprint density at radius 3 is 2.00 bits per heavy atom. The van der Waals surface area contributed by atoms with Gasteiger partial charge in [0.25, 0.3) is 5.91 Å². The summed E-state index contributed by atoms with van der Waals surface area (Å²) in [4.78, 5) is 37.3. The fourth-order valence-corrected chi connectivity index (χ4v) is 6.19. The molecule has 4 aliphatic carbocycles. The molecule has 4 saturated carbocycles. The second-order valence-corrected chi connectivity index (χ2v) is 9.12. The minimum Gasteiger partial charge on any atom is -0.480 e. The van der Waals surface area contributed by atoms with Crippen molar-refractivity contribution in [2.75, 3.05) is 0 Å². The van der Waals surface area contributed by atoms with E-state index in [1.807, 2.05) is 6.07 Å².